The minimum absolute atomic E-state index is 0.0654. The van der Waals surface area contributed by atoms with Crippen molar-refractivity contribution in [3.05, 3.63) is 59.6 Å². The van der Waals surface area contributed by atoms with Gasteiger partial charge in [-0.2, -0.15) is 19.9 Å². The Morgan fingerprint density at radius 3 is 2.37 bits per heavy atom. The summed E-state index contributed by atoms with van der Waals surface area (Å²) in [6.45, 7) is 0. The number of para-hydroxylation sites is 1. The number of aromatic nitrogens is 5. The predicted molar refractivity (Wildman–Crippen MR) is 102 cm³/mol. The molecule has 0 atom stereocenters. The number of halogens is 1. The van der Waals surface area contributed by atoms with Gasteiger partial charge in [-0.25, -0.2) is 0 Å². The Balaban J connectivity index is 1.69. The van der Waals surface area contributed by atoms with Crippen molar-refractivity contribution in [2.45, 2.75) is 0 Å². The molecule has 0 spiro atoms. The summed E-state index contributed by atoms with van der Waals surface area (Å²) in [6, 6.07) is 16.7. The largest absolute Gasteiger partial charge is 0.368 e. The van der Waals surface area contributed by atoms with Crippen molar-refractivity contribution in [1.82, 2.24) is 25.1 Å². The summed E-state index contributed by atoms with van der Waals surface area (Å²) in [7, 11) is 1.84. The first kappa shape index (κ1) is 16.9. The molecule has 2 aromatic carbocycles. The van der Waals surface area contributed by atoms with Crippen molar-refractivity contribution in [3.63, 3.8) is 0 Å². The van der Waals surface area contributed by atoms with E-state index in [9.17, 15) is 0 Å². The van der Waals surface area contributed by atoms with E-state index in [1.165, 1.54) is 0 Å². The van der Waals surface area contributed by atoms with E-state index in [-0.39, 0.29) is 17.6 Å². The highest BCUT2D eigenvalue weighted by molar-refractivity contribution is 6.30. The van der Waals surface area contributed by atoms with Gasteiger partial charge in [0.1, 0.15) is 0 Å². The molecule has 2 heterocycles. The smallest absolute Gasteiger partial charge is 0.258 e. The van der Waals surface area contributed by atoms with E-state index >= 15 is 0 Å². The average Bonchev–Trinajstić information content (AvgIpc) is 3.18. The van der Waals surface area contributed by atoms with Crippen LogP contribution < -0.4 is 10.6 Å². The van der Waals surface area contributed by atoms with Gasteiger partial charge < -0.3 is 15.2 Å². The van der Waals surface area contributed by atoms with Crippen LogP contribution in [-0.4, -0.2) is 32.1 Å². The summed E-state index contributed by atoms with van der Waals surface area (Å²) in [6.07, 6.45) is 0. The van der Waals surface area contributed by atoms with E-state index in [0.29, 0.717) is 16.9 Å². The van der Waals surface area contributed by atoms with Gasteiger partial charge in [-0.3, -0.25) is 0 Å². The second-order valence-electron chi connectivity index (χ2n) is 5.64. The summed E-state index contributed by atoms with van der Waals surface area (Å²) >= 11 is 5.90. The second kappa shape index (κ2) is 7.00. The molecular formula is C18H14ClN7O. The lowest BCUT2D eigenvalue weighted by molar-refractivity contribution is 0.432. The number of nitrogens with two attached hydrogens (primary N) is 1. The summed E-state index contributed by atoms with van der Waals surface area (Å²) < 4.78 is 5.31. The maximum atomic E-state index is 5.90. The maximum absolute atomic E-state index is 5.90. The Hall–Kier alpha value is -3.52. The van der Waals surface area contributed by atoms with E-state index in [1.54, 1.807) is 29.2 Å². The third kappa shape index (κ3) is 3.56. The van der Waals surface area contributed by atoms with Crippen LogP contribution in [0.3, 0.4) is 0 Å². The van der Waals surface area contributed by atoms with Crippen LogP contribution >= 0.6 is 11.6 Å². The monoisotopic (exact) mass is 379 g/mol. The standard InChI is InChI=1S/C18H14ClN7O/c1-26(13-5-3-2-4-6-13)18-23-14(22-17(20)24-18)15-21-16(27-25-15)11-7-9-12(19)10-8-11/h2-10H,1H3,(H2,20,22,23,24). The Bertz CT molecular complexity index is 1070. The van der Waals surface area contributed by atoms with Gasteiger partial charge in [-0.1, -0.05) is 35.0 Å². The third-order valence-corrected chi connectivity index (χ3v) is 4.05. The molecule has 0 aliphatic carbocycles. The van der Waals surface area contributed by atoms with Gasteiger partial charge in [0.05, 0.1) is 0 Å². The quantitative estimate of drug-likeness (QED) is 0.573. The molecule has 0 saturated carbocycles. The van der Waals surface area contributed by atoms with Crippen LogP contribution in [0.15, 0.2) is 59.1 Å². The van der Waals surface area contributed by atoms with Gasteiger partial charge in [-0.05, 0) is 36.4 Å². The first-order valence-corrected chi connectivity index (χ1v) is 8.38. The molecule has 4 aromatic rings. The first-order chi connectivity index (χ1) is 13.1. The average molecular weight is 380 g/mol. The SMILES string of the molecule is CN(c1ccccc1)c1nc(N)nc(-c2noc(-c3ccc(Cl)cc3)n2)n1. The third-order valence-electron chi connectivity index (χ3n) is 3.80. The highest BCUT2D eigenvalue weighted by Gasteiger charge is 2.17. The molecule has 2 N–H and O–H groups in total. The van der Waals surface area contributed by atoms with E-state index in [4.69, 9.17) is 21.9 Å². The fourth-order valence-electron chi connectivity index (χ4n) is 2.42. The molecule has 0 saturated heterocycles. The summed E-state index contributed by atoms with van der Waals surface area (Å²) in [5.41, 5.74) is 7.50. The normalized spacial score (nSPS) is 10.7. The number of rotatable bonds is 4. The fraction of sp³-hybridized carbons (Fsp3) is 0.0556. The number of nitrogen functional groups attached to an aromatic ring is 1. The van der Waals surface area contributed by atoms with Crippen LogP contribution in [0.2, 0.25) is 5.02 Å². The van der Waals surface area contributed by atoms with Crippen LogP contribution in [0.1, 0.15) is 0 Å². The Morgan fingerprint density at radius 1 is 0.889 bits per heavy atom. The van der Waals surface area contributed by atoms with Crippen molar-refractivity contribution in [3.8, 4) is 23.1 Å². The molecule has 0 amide bonds. The van der Waals surface area contributed by atoms with Crippen LogP contribution in [0.5, 0.6) is 0 Å². The lowest BCUT2D eigenvalue weighted by Crippen LogP contribution is -2.15. The zero-order valence-corrected chi connectivity index (χ0v) is 15.0. The van der Waals surface area contributed by atoms with E-state index < -0.39 is 0 Å². The van der Waals surface area contributed by atoms with Gasteiger partial charge in [0.15, 0.2) is 0 Å². The van der Waals surface area contributed by atoms with Gasteiger partial charge >= 0.3 is 0 Å². The van der Waals surface area contributed by atoms with Crippen molar-refractivity contribution in [2.24, 2.45) is 0 Å². The molecule has 9 heteroatoms. The van der Waals surface area contributed by atoms with Crippen molar-refractivity contribution < 1.29 is 4.52 Å². The molecule has 0 radical (unpaired) electrons. The number of benzene rings is 2. The van der Waals surface area contributed by atoms with Gasteiger partial charge in [-0.15, -0.1) is 0 Å². The fourth-order valence-corrected chi connectivity index (χ4v) is 2.55. The molecule has 8 nitrogen and oxygen atoms in total. The molecule has 27 heavy (non-hydrogen) atoms. The van der Waals surface area contributed by atoms with Crippen LogP contribution in [0.25, 0.3) is 23.1 Å². The Morgan fingerprint density at radius 2 is 1.63 bits per heavy atom. The molecule has 0 aliphatic rings. The Labute approximate surface area is 159 Å². The topological polar surface area (TPSA) is 107 Å². The predicted octanol–water partition coefficient (Wildman–Crippen LogP) is 3.59. The highest BCUT2D eigenvalue weighted by Crippen LogP contribution is 2.25. The Kier molecular flexibility index (Phi) is 4.39. The molecule has 0 aliphatic heterocycles. The van der Waals surface area contributed by atoms with Crippen LogP contribution in [-0.2, 0) is 0 Å². The molecule has 2 aromatic heterocycles. The number of nitrogens with zero attached hydrogens (tertiary/aromatic N) is 6. The minimum Gasteiger partial charge on any atom is -0.368 e. The lowest BCUT2D eigenvalue weighted by atomic mass is 10.2. The van der Waals surface area contributed by atoms with Crippen molar-refractivity contribution in [2.75, 3.05) is 17.7 Å². The van der Waals surface area contributed by atoms with Crippen molar-refractivity contribution in [1.29, 1.82) is 0 Å². The lowest BCUT2D eigenvalue weighted by Gasteiger charge is -2.17. The zero-order valence-electron chi connectivity index (χ0n) is 14.2. The van der Waals surface area contributed by atoms with E-state index in [0.717, 1.165) is 11.3 Å². The number of hydrogen-bond acceptors (Lipinski definition) is 8. The molecule has 0 bridgehead atoms. The second-order valence-corrected chi connectivity index (χ2v) is 6.08. The molecule has 0 fully saturated rings. The summed E-state index contributed by atoms with van der Waals surface area (Å²) in [5, 5.41) is 4.58. The zero-order chi connectivity index (χ0) is 18.8. The van der Waals surface area contributed by atoms with E-state index in [2.05, 4.69) is 25.1 Å². The molecule has 134 valence electrons. The van der Waals surface area contributed by atoms with Gasteiger partial charge in [0.25, 0.3) is 5.89 Å². The number of hydrogen-bond donors (Lipinski definition) is 1. The summed E-state index contributed by atoms with van der Waals surface area (Å²) in [4.78, 5) is 18.9. The molecular weight excluding hydrogens is 366 g/mol. The minimum atomic E-state index is 0.0654. The molecule has 0 unspecified atom stereocenters. The number of anilines is 3. The maximum Gasteiger partial charge on any atom is 0.258 e. The van der Waals surface area contributed by atoms with Crippen LogP contribution in [0, 0.1) is 0 Å². The van der Waals surface area contributed by atoms with Crippen LogP contribution in [0.4, 0.5) is 17.6 Å². The van der Waals surface area contributed by atoms with Gasteiger partial charge in [0, 0.05) is 23.3 Å². The highest BCUT2D eigenvalue weighted by atomic mass is 35.5. The molecule has 4 rings (SSSR count). The van der Waals surface area contributed by atoms with Gasteiger partial charge in [0.2, 0.25) is 23.5 Å². The first-order valence-electron chi connectivity index (χ1n) is 8.00. The van der Waals surface area contributed by atoms with E-state index in [1.807, 2.05) is 37.4 Å². The van der Waals surface area contributed by atoms with Crippen molar-refractivity contribution >= 4 is 29.2 Å². The summed E-state index contributed by atoms with van der Waals surface area (Å²) in [5.74, 6) is 1.22.